The minimum Gasteiger partial charge on any atom is -0.481 e. The molecule has 0 aliphatic carbocycles. The molecule has 90 valence electrons. The van der Waals surface area contributed by atoms with Crippen LogP contribution < -0.4 is 0 Å². The molecule has 1 aromatic carbocycles. The first-order chi connectivity index (χ1) is 7.91. The number of carboxylic acids is 2. The number of carboxylic acid groups (broad SMARTS) is 2. The second kappa shape index (κ2) is 5.20. The molecule has 0 atom stereocenters. The van der Waals surface area contributed by atoms with E-state index in [0.717, 1.165) is 12.1 Å². The molecule has 0 saturated carbocycles. The molecule has 4 nitrogen and oxygen atoms in total. The van der Waals surface area contributed by atoms with Crippen LogP contribution in [0.4, 0.5) is 8.78 Å². The van der Waals surface area contributed by atoms with Crippen LogP contribution in [0, 0.1) is 11.6 Å². The van der Waals surface area contributed by atoms with Crippen LogP contribution in [-0.2, 0) is 4.79 Å². The molecule has 0 radical (unpaired) electrons. The summed E-state index contributed by atoms with van der Waals surface area (Å²) in [5, 5.41) is 16.9. The van der Waals surface area contributed by atoms with Gasteiger partial charge in [-0.2, -0.15) is 0 Å². The van der Waals surface area contributed by atoms with E-state index in [9.17, 15) is 18.4 Å². The van der Waals surface area contributed by atoms with Crippen molar-refractivity contribution >= 4 is 18.0 Å². The molecule has 0 aromatic heterocycles. The van der Waals surface area contributed by atoms with E-state index in [4.69, 9.17) is 10.2 Å². The van der Waals surface area contributed by atoms with E-state index in [0.29, 0.717) is 0 Å². The lowest BCUT2D eigenvalue weighted by atomic mass is 10.1. The second-order valence-electron chi connectivity index (χ2n) is 3.16. The summed E-state index contributed by atoms with van der Waals surface area (Å²) < 4.78 is 26.4. The predicted octanol–water partition coefficient (Wildman–Crippen LogP) is 2.15. The molecule has 0 amide bonds. The molecule has 0 fully saturated rings. The normalized spacial score (nSPS) is 10.7. The van der Waals surface area contributed by atoms with Gasteiger partial charge in [0, 0.05) is 0 Å². The number of aliphatic carboxylic acids is 1. The highest BCUT2D eigenvalue weighted by molar-refractivity contribution is 5.88. The van der Waals surface area contributed by atoms with Crippen molar-refractivity contribution in [3.05, 3.63) is 41.0 Å². The molecule has 17 heavy (non-hydrogen) atoms. The molecule has 0 aliphatic rings. The van der Waals surface area contributed by atoms with Gasteiger partial charge in [0.2, 0.25) is 0 Å². The van der Waals surface area contributed by atoms with Crippen LogP contribution in [-0.4, -0.2) is 22.2 Å². The minimum atomic E-state index is -1.69. The zero-order valence-corrected chi connectivity index (χ0v) is 8.48. The summed E-state index contributed by atoms with van der Waals surface area (Å²) in [5.74, 6) is -5.18. The Morgan fingerprint density at radius 2 is 1.71 bits per heavy atom. The lowest BCUT2D eigenvalue weighted by molar-refractivity contribution is -0.135. The highest BCUT2D eigenvalue weighted by Gasteiger charge is 2.16. The van der Waals surface area contributed by atoms with Crippen molar-refractivity contribution in [2.24, 2.45) is 0 Å². The van der Waals surface area contributed by atoms with E-state index in [2.05, 4.69) is 0 Å². The Balaban J connectivity index is 3.02. The predicted molar refractivity (Wildman–Crippen MR) is 54.6 cm³/mol. The van der Waals surface area contributed by atoms with E-state index < -0.39 is 29.1 Å². The van der Waals surface area contributed by atoms with Gasteiger partial charge in [0.15, 0.2) is 0 Å². The monoisotopic (exact) mass is 242 g/mol. The topological polar surface area (TPSA) is 74.6 Å². The third-order valence-corrected chi connectivity index (χ3v) is 1.88. The Kier molecular flexibility index (Phi) is 3.92. The number of benzene rings is 1. The fourth-order valence-electron chi connectivity index (χ4n) is 1.19. The van der Waals surface area contributed by atoms with Gasteiger partial charge >= 0.3 is 11.9 Å². The molecule has 0 heterocycles. The largest absolute Gasteiger partial charge is 0.481 e. The fourth-order valence-corrected chi connectivity index (χ4v) is 1.19. The molecule has 0 bridgehead atoms. The summed E-state index contributed by atoms with van der Waals surface area (Å²) in [4.78, 5) is 20.7. The highest BCUT2D eigenvalue weighted by Crippen LogP contribution is 2.16. The van der Waals surface area contributed by atoms with Crippen LogP contribution in [0.2, 0.25) is 0 Å². The number of rotatable bonds is 4. The zero-order valence-electron chi connectivity index (χ0n) is 8.48. The van der Waals surface area contributed by atoms with Crippen molar-refractivity contribution in [2.45, 2.75) is 6.42 Å². The van der Waals surface area contributed by atoms with E-state index in [1.165, 1.54) is 12.2 Å². The number of aromatic carboxylic acids is 1. The summed E-state index contributed by atoms with van der Waals surface area (Å²) in [5.41, 5.74) is -0.966. The van der Waals surface area contributed by atoms with Gasteiger partial charge in [0.05, 0.1) is 6.42 Å². The number of halogens is 2. The van der Waals surface area contributed by atoms with E-state index in [1.54, 1.807) is 0 Å². The van der Waals surface area contributed by atoms with E-state index >= 15 is 0 Å². The Morgan fingerprint density at radius 3 is 2.12 bits per heavy atom. The van der Waals surface area contributed by atoms with Gasteiger partial charge in [0.25, 0.3) is 0 Å². The summed E-state index contributed by atoms with van der Waals surface area (Å²) in [6.07, 6.45) is 2.12. The van der Waals surface area contributed by atoms with Gasteiger partial charge in [-0.15, -0.1) is 0 Å². The maximum absolute atomic E-state index is 13.2. The van der Waals surface area contributed by atoms with Gasteiger partial charge in [-0.25, -0.2) is 13.6 Å². The molecule has 6 heteroatoms. The summed E-state index contributed by atoms with van der Waals surface area (Å²) >= 11 is 0. The van der Waals surface area contributed by atoms with E-state index in [-0.39, 0.29) is 12.0 Å². The van der Waals surface area contributed by atoms with Crippen LogP contribution in [0.5, 0.6) is 0 Å². The van der Waals surface area contributed by atoms with Gasteiger partial charge in [-0.3, -0.25) is 4.79 Å². The Bertz CT molecular complexity index is 471. The molecular formula is C11H8F2O4. The first kappa shape index (κ1) is 12.8. The number of hydrogen-bond acceptors (Lipinski definition) is 2. The van der Waals surface area contributed by atoms with Crippen molar-refractivity contribution in [2.75, 3.05) is 0 Å². The molecule has 0 unspecified atom stereocenters. The summed E-state index contributed by atoms with van der Waals surface area (Å²) in [7, 11) is 0. The first-order valence-electron chi connectivity index (χ1n) is 4.52. The number of hydrogen-bond donors (Lipinski definition) is 2. The summed E-state index contributed by atoms with van der Waals surface area (Å²) in [6.45, 7) is 0. The molecular weight excluding hydrogens is 234 g/mol. The van der Waals surface area contributed by atoms with Crippen LogP contribution >= 0.6 is 0 Å². The van der Waals surface area contributed by atoms with Gasteiger partial charge in [0.1, 0.15) is 17.2 Å². The molecule has 0 spiro atoms. The Labute approximate surface area is 94.8 Å². The molecule has 2 N–H and O–H groups in total. The SMILES string of the molecule is O=C(O)CC=Cc1cc(F)c(C(=O)O)c(F)c1. The van der Waals surface area contributed by atoms with Crippen LogP contribution in [0.15, 0.2) is 18.2 Å². The zero-order chi connectivity index (χ0) is 13.0. The molecule has 0 aliphatic heterocycles. The molecule has 1 aromatic rings. The second-order valence-corrected chi connectivity index (χ2v) is 3.16. The lowest BCUT2D eigenvalue weighted by Gasteiger charge is -2.01. The smallest absolute Gasteiger partial charge is 0.341 e. The fraction of sp³-hybridized carbons (Fsp3) is 0.0909. The maximum atomic E-state index is 13.2. The average Bonchev–Trinajstić information content (AvgIpc) is 2.14. The van der Waals surface area contributed by atoms with Gasteiger partial charge < -0.3 is 10.2 Å². The van der Waals surface area contributed by atoms with E-state index in [1.807, 2.05) is 0 Å². The van der Waals surface area contributed by atoms with Crippen molar-refractivity contribution in [3.8, 4) is 0 Å². The Hall–Kier alpha value is -2.24. The van der Waals surface area contributed by atoms with Crippen LogP contribution in [0.25, 0.3) is 6.08 Å². The molecule has 1 rings (SSSR count). The highest BCUT2D eigenvalue weighted by atomic mass is 19.1. The van der Waals surface area contributed by atoms with Gasteiger partial charge in [-0.1, -0.05) is 12.2 Å². The molecule has 0 saturated heterocycles. The third kappa shape index (κ3) is 3.37. The Morgan fingerprint density at radius 1 is 1.18 bits per heavy atom. The third-order valence-electron chi connectivity index (χ3n) is 1.88. The van der Waals surface area contributed by atoms with Crippen molar-refractivity contribution in [3.63, 3.8) is 0 Å². The number of carbonyl (C=O) groups is 2. The first-order valence-corrected chi connectivity index (χ1v) is 4.52. The lowest BCUT2D eigenvalue weighted by Crippen LogP contribution is -2.04. The average molecular weight is 242 g/mol. The minimum absolute atomic E-state index is 0.0613. The van der Waals surface area contributed by atoms with Crippen molar-refractivity contribution < 1.29 is 28.6 Å². The van der Waals surface area contributed by atoms with Crippen LogP contribution in [0.1, 0.15) is 22.3 Å². The van der Waals surface area contributed by atoms with Crippen molar-refractivity contribution in [1.82, 2.24) is 0 Å². The summed E-state index contributed by atoms with van der Waals surface area (Å²) in [6, 6.07) is 1.65. The standard InChI is InChI=1S/C11H8F2O4/c12-7-4-6(2-1-3-9(14)15)5-8(13)10(7)11(16)17/h1-2,4-5H,3H2,(H,14,15)(H,16,17). The quantitative estimate of drug-likeness (QED) is 0.848. The van der Waals surface area contributed by atoms with Gasteiger partial charge in [-0.05, 0) is 17.7 Å². The maximum Gasteiger partial charge on any atom is 0.341 e. The van der Waals surface area contributed by atoms with Crippen LogP contribution in [0.3, 0.4) is 0 Å². The van der Waals surface area contributed by atoms with Crippen molar-refractivity contribution in [1.29, 1.82) is 0 Å².